The van der Waals surface area contributed by atoms with Gasteiger partial charge in [0.1, 0.15) is 30.2 Å². The molecule has 16 N–H and O–H groups in total. The number of para-hydroxylation sites is 1. The second kappa shape index (κ2) is 25.9. The number of carbonyl (C=O) groups is 9. The van der Waals surface area contributed by atoms with Crippen molar-refractivity contribution in [3.05, 3.63) is 71.9 Å². The fourth-order valence-corrected chi connectivity index (χ4v) is 6.69. The van der Waals surface area contributed by atoms with Gasteiger partial charge in [0.05, 0.1) is 19.0 Å². The van der Waals surface area contributed by atoms with Gasteiger partial charge in [0.15, 0.2) is 0 Å². The molecule has 64 heavy (non-hydrogen) atoms. The van der Waals surface area contributed by atoms with Gasteiger partial charge in [-0.2, -0.15) is 0 Å². The van der Waals surface area contributed by atoms with Crippen molar-refractivity contribution in [2.45, 2.75) is 108 Å². The molecule has 0 bridgehead atoms. The van der Waals surface area contributed by atoms with Gasteiger partial charge in [-0.3, -0.25) is 38.4 Å². The third-order valence-corrected chi connectivity index (χ3v) is 10.5. The molecule has 8 amide bonds. The molecular formula is C43H61N11O10. The number of fused-ring (bicyclic) bond motifs is 1. The molecule has 21 heteroatoms. The second-order valence-electron chi connectivity index (χ2n) is 15.6. The van der Waals surface area contributed by atoms with Crippen LogP contribution in [0.25, 0.3) is 10.9 Å². The lowest BCUT2D eigenvalue weighted by Crippen LogP contribution is -2.60. The van der Waals surface area contributed by atoms with E-state index in [4.69, 9.17) is 22.9 Å². The first kappa shape index (κ1) is 51.5. The van der Waals surface area contributed by atoms with Crippen LogP contribution in [0.1, 0.15) is 69.9 Å². The van der Waals surface area contributed by atoms with Gasteiger partial charge < -0.3 is 64.9 Å². The Morgan fingerprint density at radius 3 is 1.91 bits per heavy atom. The summed E-state index contributed by atoms with van der Waals surface area (Å²) in [5, 5.41) is 25.6. The van der Waals surface area contributed by atoms with Crippen molar-refractivity contribution in [2.24, 2.45) is 28.9 Å². The van der Waals surface area contributed by atoms with Crippen LogP contribution in [0, 0.1) is 5.92 Å². The Morgan fingerprint density at radius 2 is 1.28 bits per heavy atom. The first-order chi connectivity index (χ1) is 30.4. The number of hydrogen-bond acceptors (Lipinski definition) is 11. The molecule has 2 aromatic carbocycles. The van der Waals surface area contributed by atoms with Crippen LogP contribution in [0.15, 0.2) is 60.8 Å². The zero-order valence-corrected chi connectivity index (χ0v) is 36.0. The molecule has 0 fully saturated rings. The lowest BCUT2D eigenvalue weighted by molar-refractivity contribution is -0.144. The number of aromatic amines is 1. The van der Waals surface area contributed by atoms with Crippen molar-refractivity contribution in [3.8, 4) is 0 Å². The summed E-state index contributed by atoms with van der Waals surface area (Å²) in [4.78, 5) is 121. The number of unbranched alkanes of at least 4 members (excludes halogenated alkanes) is 1. The minimum Gasteiger partial charge on any atom is -0.480 e. The van der Waals surface area contributed by atoms with E-state index in [1.807, 2.05) is 0 Å². The fourth-order valence-electron chi connectivity index (χ4n) is 6.69. The Labute approximate surface area is 370 Å². The number of hydrogen-bond donors (Lipinski definition) is 12. The topological polar surface area (TPSA) is 366 Å². The van der Waals surface area contributed by atoms with E-state index in [2.05, 4.69) is 36.9 Å². The Hall–Kier alpha value is -6.87. The maximum absolute atomic E-state index is 14.4. The number of benzene rings is 2. The van der Waals surface area contributed by atoms with Crippen LogP contribution in [0.3, 0.4) is 0 Å². The van der Waals surface area contributed by atoms with Crippen LogP contribution >= 0.6 is 0 Å². The molecule has 3 aromatic rings. The average molecular weight is 892 g/mol. The smallest absolute Gasteiger partial charge is 0.326 e. The molecular weight excluding hydrogens is 831 g/mol. The van der Waals surface area contributed by atoms with E-state index in [9.17, 15) is 48.3 Å². The van der Waals surface area contributed by atoms with Crippen LogP contribution in [0.5, 0.6) is 0 Å². The third kappa shape index (κ3) is 16.8. The zero-order chi connectivity index (χ0) is 47.3. The van der Waals surface area contributed by atoms with Gasteiger partial charge in [0.2, 0.25) is 47.3 Å². The molecule has 1 heterocycles. The van der Waals surface area contributed by atoms with Gasteiger partial charge >= 0.3 is 5.97 Å². The molecule has 21 nitrogen and oxygen atoms in total. The molecule has 7 atom stereocenters. The molecule has 0 radical (unpaired) electrons. The lowest BCUT2D eigenvalue weighted by atomic mass is 9.97. The first-order valence-corrected chi connectivity index (χ1v) is 21.1. The van der Waals surface area contributed by atoms with Crippen molar-refractivity contribution in [3.63, 3.8) is 0 Å². The number of aliphatic carboxylic acids is 1. The maximum atomic E-state index is 14.4. The molecule has 0 spiro atoms. The number of aromatic nitrogens is 1. The maximum Gasteiger partial charge on any atom is 0.326 e. The summed E-state index contributed by atoms with van der Waals surface area (Å²) in [5.41, 5.74) is 24.1. The average Bonchev–Trinajstić information content (AvgIpc) is 3.67. The summed E-state index contributed by atoms with van der Waals surface area (Å²) < 4.78 is 0. The van der Waals surface area contributed by atoms with Crippen molar-refractivity contribution in [2.75, 3.05) is 13.1 Å². The lowest BCUT2D eigenvalue weighted by Gasteiger charge is -2.27. The number of rotatable bonds is 28. The molecule has 0 saturated heterocycles. The Balaban J connectivity index is 1.92. The monoisotopic (exact) mass is 891 g/mol. The summed E-state index contributed by atoms with van der Waals surface area (Å²) in [7, 11) is 0. The van der Waals surface area contributed by atoms with E-state index in [1.54, 1.807) is 74.6 Å². The standard InChI is InChI=1S/C43H61N11O10/c1-3-24(2)37(43(63)64)54-42(62)31(19-25-11-5-4-6-12-25)52-40(60)32(20-26-22-48-29-15-8-7-13-27(26)29)53-39(59)30(16-17-34(46)55)51-41(61)33(21-35(47)56)50-36(57)23-49-38(58)28(45)14-9-10-18-44/h4-8,11-13,15,22,24,28,30-33,37,48H,3,9-10,14,16-21,23,44-45H2,1-2H3,(H2,46,55)(H2,47,56)(H,49,58)(H,50,57)(H,51,61)(H,52,60)(H,53,59)(H,54,62)(H,63,64)/t24-,28-,30-,31-,32-,33-,37-/m0/s1. The summed E-state index contributed by atoms with van der Waals surface area (Å²) in [6.45, 7) is 3.23. The highest BCUT2D eigenvalue weighted by Crippen LogP contribution is 2.20. The second-order valence-corrected chi connectivity index (χ2v) is 15.6. The number of carboxylic acid groups (broad SMARTS) is 1. The minimum atomic E-state index is -1.66. The van der Waals surface area contributed by atoms with Crippen molar-refractivity contribution >= 4 is 64.1 Å². The predicted octanol–water partition coefficient (Wildman–Crippen LogP) is -1.78. The Bertz CT molecular complexity index is 2100. The SMILES string of the molecule is CC[C@H](C)[C@H](NC(=O)[C@H](Cc1ccccc1)NC(=O)[C@H](Cc1c[nH]c2ccccc12)NC(=O)[C@H](CCC(N)=O)NC(=O)[C@H](CC(N)=O)NC(=O)CNC(=O)[C@@H](N)CCCCN)C(=O)O. The molecule has 0 saturated carbocycles. The van der Waals surface area contributed by atoms with Crippen LogP contribution in [0.4, 0.5) is 0 Å². The molecule has 0 aliphatic rings. The largest absolute Gasteiger partial charge is 0.480 e. The van der Waals surface area contributed by atoms with Gasteiger partial charge in [-0.05, 0) is 48.9 Å². The minimum absolute atomic E-state index is 0.0610. The molecule has 348 valence electrons. The van der Waals surface area contributed by atoms with Crippen molar-refractivity contribution in [1.29, 1.82) is 0 Å². The summed E-state index contributed by atoms with van der Waals surface area (Å²) in [6, 6.07) is 7.57. The van der Waals surface area contributed by atoms with E-state index in [-0.39, 0.29) is 12.8 Å². The highest BCUT2D eigenvalue weighted by molar-refractivity contribution is 5.98. The summed E-state index contributed by atoms with van der Waals surface area (Å²) in [5.74, 6) is -8.82. The van der Waals surface area contributed by atoms with E-state index >= 15 is 0 Å². The quantitative estimate of drug-likeness (QED) is 0.0360. The molecule has 1 aromatic heterocycles. The first-order valence-electron chi connectivity index (χ1n) is 21.1. The number of amides is 8. The van der Waals surface area contributed by atoms with Gasteiger partial charge in [0.25, 0.3) is 0 Å². The number of nitrogens with two attached hydrogens (primary N) is 4. The van der Waals surface area contributed by atoms with Gasteiger partial charge in [-0.25, -0.2) is 4.79 Å². The predicted molar refractivity (Wildman–Crippen MR) is 235 cm³/mol. The molecule has 0 unspecified atom stereocenters. The highest BCUT2D eigenvalue weighted by atomic mass is 16.4. The zero-order valence-electron chi connectivity index (χ0n) is 36.0. The molecule has 3 rings (SSSR count). The summed E-state index contributed by atoms with van der Waals surface area (Å²) >= 11 is 0. The number of carboxylic acids is 1. The highest BCUT2D eigenvalue weighted by Gasteiger charge is 2.34. The third-order valence-electron chi connectivity index (χ3n) is 10.5. The van der Waals surface area contributed by atoms with Gasteiger partial charge in [-0.1, -0.05) is 75.2 Å². The number of H-pyrrole nitrogens is 1. The Morgan fingerprint density at radius 1 is 0.688 bits per heavy atom. The fraction of sp³-hybridized carbons (Fsp3) is 0.465. The Kier molecular flexibility index (Phi) is 20.8. The van der Waals surface area contributed by atoms with Gasteiger partial charge in [-0.15, -0.1) is 0 Å². The summed E-state index contributed by atoms with van der Waals surface area (Å²) in [6.07, 6.45) is 1.82. The van der Waals surface area contributed by atoms with Crippen LogP contribution in [-0.4, -0.2) is 113 Å². The number of nitrogens with one attached hydrogen (secondary N) is 7. The van der Waals surface area contributed by atoms with Gasteiger partial charge in [0, 0.05) is 36.4 Å². The van der Waals surface area contributed by atoms with E-state index in [0.717, 1.165) is 0 Å². The van der Waals surface area contributed by atoms with Crippen LogP contribution in [-0.2, 0) is 56.0 Å². The normalized spacial score (nSPS) is 14.3. The molecule has 0 aliphatic carbocycles. The molecule has 0 aliphatic heterocycles. The van der Waals surface area contributed by atoms with E-state index < -0.39 is 121 Å². The van der Waals surface area contributed by atoms with Crippen molar-refractivity contribution in [1.82, 2.24) is 36.9 Å². The number of carbonyl (C=O) groups excluding carboxylic acids is 8. The number of primary amides is 2. The van der Waals surface area contributed by atoms with Crippen molar-refractivity contribution < 1.29 is 48.3 Å². The van der Waals surface area contributed by atoms with Crippen LogP contribution in [0.2, 0.25) is 0 Å². The van der Waals surface area contributed by atoms with E-state index in [0.29, 0.717) is 54.3 Å². The van der Waals surface area contributed by atoms with E-state index in [1.165, 1.54) is 0 Å². The van der Waals surface area contributed by atoms with Crippen LogP contribution < -0.4 is 54.8 Å².